The zero-order valence-corrected chi connectivity index (χ0v) is 23.8. The first kappa shape index (κ1) is 28.5. The molecule has 9 nitrogen and oxygen atoms in total. The van der Waals surface area contributed by atoms with Crippen molar-refractivity contribution in [2.75, 3.05) is 26.8 Å². The largest absolute Gasteiger partial charge is 0.497 e. The van der Waals surface area contributed by atoms with Crippen LogP contribution in [0.5, 0.6) is 5.75 Å². The fourth-order valence-electron chi connectivity index (χ4n) is 5.12. The fraction of sp³-hybridized carbons (Fsp3) is 0.323. The van der Waals surface area contributed by atoms with E-state index in [0.717, 1.165) is 42.5 Å². The summed E-state index contributed by atoms with van der Waals surface area (Å²) >= 11 is 0. The quantitative estimate of drug-likeness (QED) is 0.358. The van der Waals surface area contributed by atoms with E-state index in [-0.39, 0.29) is 16.5 Å². The first-order chi connectivity index (χ1) is 19.9. The molecule has 214 valence electrons. The van der Waals surface area contributed by atoms with Gasteiger partial charge in [0, 0.05) is 19.5 Å². The van der Waals surface area contributed by atoms with Gasteiger partial charge in [-0.1, -0.05) is 61.4 Å². The van der Waals surface area contributed by atoms with Crippen LogP contribution in [0.2, 0.25) is 0 Å². The lowest BCUT2D eigenvalue weighted by molar-refractivity contribution is -0.136. The molecule has 1 saturated heterocycles. The van der Waals surface area contributed by atoms with Crippen molar-refractivity contribution in [3.05, 3.63) is 95.6 Å². The van der Waals surface area contributed by atoms with E-state index < -0.39 is 28.5 Å². The fourth-order valence-corrected chi connectivity index (χ4v) is 6.69. The van der Waals surface area contributed by atoms with E-state index in [9.17, 15) is 18.0 Å². The van der Waals surface area contributed by atoms with Crippen LogP contribution in [-0.2, 0) is 19.6 Å². The van der Waals surface area contributed by atoms with Crippen LogP contribution in [-0.4, -0.2) is 62.1 Å². The van der Waals surface area contributed by atoms with Crippen molar-refractivity contribution in [3.8, 4) is 5.75 Å². The first-order valence-electron chi connectivity index (χ1n) is 13.7. The van der Waals surface area contributed by atoms with Gasteiger partial charge in [0.1, 0.15) is 5.75 Å². The van der Waals surface area contributed by atoms with Crippen molar-refractivity contribution in [2.24, 2.45) is 5.10 Å². The molecule has 2 aliphatic heterocycles. The van der Waals surface area contributed by atoms with Crippen molar-refractivity contribution in [1.29, 1.82) is 0 Å². The summed E-state index contributed by atoms with van der Waals surface area (Å²) < 4.78 is 38.5. The summed E-state index contributed by atoms with van der Waals surface area (Å²) in [6.45, 7) is 0.380. The highest BCUT2D eigenvalue weighted by Crippen LogP contribution is 2.33. The molecule has 10 heteroatoms. The molecule has 0 spiro atoms. The van der Waals surface area contributed by atoms with Gasteiger partial charge in [0.25, 0.3) is 5.91 Å². The minimum absolute atomic E-state index is 0.0383. The van der Waals surface area contributed by atoms with Crippen LogP contribution >= 0.6 is 0 Å². The van der Waals surface area contributed by atoms with Crippen molar-refractivity contribution in [2.45, 2.75) is 43.0 Å². The number of rotatable bonds is 8. The van der Waals surface area contributed by atoms with Crippen LogP contribution in [0.1, 0.15) is 59.6 Å². The Kier molecular flexibility index (Phi) is 8.80. The molecular weight excluding hydrogens is 542 g/mol. The van der Waals surface area contributed by atoms with Gasteiger partial charge in [-0.3, -0.25) is 4.79 Å². The molecule has 3 aromatic carbocycles. The maximum absolute atomic E-state index is 13.3. The lowest BCUT2D eigenvalue weighted by Crippen LogP contribution is -2.32. The van der Waals surface area contributed by atoms with Crippen LogP contribution in [0, 0.1) is 0 Å². The average molecular weight is 576 g/mol. The topological polar surface area (TPSA) is 106 Å². The molecule has 41 heavy (non-hydrogen) atoms. The number of amides is 1. The Bertz CT molecular complexity index is 1510. The Morgan fingerprint density at radius 1 is 0.902 bits per heavy atom. The molecule has 3 aromatic rings. The zero-order valence-electron chi connectivity index (χ0n) is 22.9. The summed E-state index contributed by atoms with van der Waals surface area (Å²) in [6, 6.07) is 22.4. The summed E-state index contributed by atoms with van der Waals surface area (Å²) in [5.41, 5.74) is 2.58. The van der Waals surface area contributed by atoms with Gasteiger partial charge in [0.2, 0.25) is 10.0 Å². The number of nitrogens with zero attached hydrogens (tertiary/aromatic N) is 3. The molecule has 0 aliphatic carbocycles. The predicted molar refractivity (Wildman–Crippen MR) is 154 cm³/mol. The highest BCUT2D eigenvalue weighted by Gasteiger charge is 2.34. The number of carbonyl (C=O) groups is 2. The minimum atomic E-state index is -3.74. The number of benzene rings is 3. The second-order valence-electron chi connectivity index (χ2n) is 10.1. The van der Waals surface area contributed by atoms with Gasteiger partial charge in [-0.25, -0.2) is 18.2 Å². The van der Waals surface area contributed by atoms with Crippen molar-refractivity contribution in [3.63, 3.8) is 0 Å². The van der Waals surface area contributed by atoms with Gasteiger partial charge in [0.15, 0.2) is 6.61 Å². The van der Waals surface area contributed by atoms with Gasteiger partial charge < -0.3 is 9.47 Å². The van der Waals surface area contributed by atoms with E-state index in [1.165, 1.54) is 33.6 Å². The molecule has 1 unspecified atom stereocenters. The SMILES string of the molecule is COc1ccc(C2CC(c3ccccc3)=NN2C(=O)COC(=O)c2cccc(S(=O)(=O)N3CCCCCC3)c2)cc1. The summed E-state index contributed by atoms with van der Waals surface area (Å²) in [7, 11) is -2.15. The Labute approximate surface area is 240 Å². The monoisotopic (exact) mass is 575 g/mol. The summed E-state index contributed by atoms with van der Waals surface area (Å²) in [6.07, 6.45) is 4.11. The van der Waals surface area contributed by atoms with Crippen molar-refractivity contribution in [1.82, 2.24) is 9.31 Å². The minimum Gasteiger partial charge on any atom is -0.497 e. The Morgan fingerprint density at radius 2 is 1.61 bits per heavy atom. The molecule has 5 rings (SSSR count). The van der Waals surface area contributed by atoms with Gasteiger partial charge in [-0.2, -0.15) is 9.41 Å². The van der Waals surface area contributed by atoms with E-state index in [1.807, 2.05) is 54.6 Å². The normalized spacial score (nSPS) is 17.9. The maximum Gasteiger partial charge on any atom is 0.338 e. The lowest BCUT2D eigenvalue weighted by Gasteiger charge is -2.22. The van der Waals surface area contributed by atoms with E-state index >= 15 is 0 Å². The van der Waals surface area contributed by atoms with Crippen LogP contribution in [0.3, 0.4) is 0 Å². The molecular formula is C31H33N3O6S. The third-order valence-electron chi connectivity index (χ3n) is 7.37. The van der Waals surface area contributed by atoms with Crippen LogP contribution < -0.4 is 4.74 Å². The van der Waals surface area contributed by atoms with E-state index in [2.05, 4.69) is 5.10 Å². The van der Waals surface area contributed by atoms with E-state index in [4.69, 9.17) is 9.47 Å². The lowest BCUT2D eigenvalue weighted by atomic mass is 9.98. The summed E-state index contributed by atoms with van der Waals surface area (Å²) in [4.78, 5) is 26.3. The molecule has 0 radical (unpaired) electrons. The number of ether oxygens (including phenoxy) is 2. The number of sulfonamides is 1. The molecule has 2 heterocycles. The highest BCUT2D eigenvalue weighted by molar-refractivity contribution is 7.89. The number of hydrogen-bond donors (Lipinski definition) is 0. The maximum atomic E-state index is 13.3. The molecule has 1 fully saturated rings. The molecule has 0 aromatic heterocycles. The summed E-state index contributed by atoms with van der Waals surface area (Å²) in [5, 5.41) is 5.97. The standard InChI is InChI=1S/C31H33N3O6S/c1-39-26-16-14-24(15-17-26)29-21-28(23-10-5-4-6-11-23)32-34(29)30(35)22-40-31(36)25-12-9-13-27(20-25)41(37,38)33-18-7-2-3-8-19-33/h4-6,9-17,20,29H,2-3,7-8,18-19,21-22H2,1H3. The summed E-state index contributed by atoms with van der Waals surface area (Å²) in [5.74, 6) is -0.569. The highest BCUT2D eigenvalue weighted by atomic mass is 32.2. The Morgan fingerprint density at radius 3 is 2.29 bits per heavy atom. The number of hydrogen-bond acceptors (Lipinski definition) is 7. The average Bonchev–Trinajstić information content (AvgIpc) is 3.27. The second-order valence-corrected chi connectivity index (χ2v) is 12.0. The van der Waals surface area contributed by atoms with Gasteiger partial charge in [-0.15, -0.1) is 0 Å². The van der Waals surface area contributed by atoms with Crippen molar-refractivity contribution < 1.29 is 27.5 Å². The molecule has 0 N–H and O–H groups in total. The van der Waals surface area contributed by atoms with E-state index in [1.54, 1.807) is 7.11 Å². The molecule has 1 amide bonds. The first-order valence-corrected chi connectivity index (χ1v) is 15.2. The number of hydrazone groups is 1. The predicted octanol–water partition coefficient (Wildman–Crippen LogP) is 4.79. The molecule has 2 aliphatic rings. The number of carbonyl (C=O) groups excluding carboxylic acids is 2. The molecule has 1 atom stereocenters. The second kappa shape index (κ2) is 12.7. The van der Waals surface area contributed by atoms with Gasteiger partial charge >= 0.3 is 5.97 Å². The third-order valence-corrected chi connectivity index (χ3v) is 9.27. The van der Waals surface area contributed by atoms with Gasteiger partial charge in [0.05, 0.1) is 29.3 Å². The smallest absolute Gasteiger partial charge is 0.338 e. The van der Waals surface area contributed by atoms with Crippen LogP contribution in [0.4, 0.5) is 0 Å². The number of esters is 1. The molecule has 0 saturated carbocycles. The van der Waals surface area contributed by atoms with Gasteiger partial charge in [-0.05, 0) is 54.3 Å². The van der Waals surface area contributed by atoms with Crippen LogP contribution in [0.25, 0.3) is 0 Å². The van der Waals surface area contributed by atoms with E-state index in [0.29, 0.717) is 25.3 Å². The Balaban J connectivity index is 1.31. The zero-order chi connectivity index (χ0) is 28.8. The van der Waals surface area contributed by atoms with Crippen LogP contribution in [0.15, 0.2) is 88.9 Å². The molecule has 0 bridgehead atoms. The number of methoxy groups -OCH3 is 1. The van der Waals surface area contributed by atoms with Crippen molar-refractivity contribution >= 4 is 27.6 Å². The third kappa shape index (κ3) is 6.49. The Hall–Kier alpha value is -4.02.